The topological polar surface area (TPSA) is 60.9 Å². The van der Waals surface area contributed by atoms with Gasteiger partial charge in [-0.2, -0.15) is 0 Å². The van der Waals surface area contributed by atoms with Crippen LogP contribution in [0.4, 0.5) is 0 Å². The smallest absolute Gasteiger partial charge is 0.408 e. The number of benzene rings is 1. The molecule has 5 nitrogen and oxygen atoms in total. The first kappa shape index (κ1) is 11.6. The highest BCUT2D eigenvalue weighted by Gasteiger charge is 2.09. The summed E-state index contributed by atoms with van der Waals surface area (Å²) in [5.74, 6) is 0.367. The van der Waals surface area contributed by atoms with E-state index in [1.54, 1.807) is 7.05 Å². The Hall–Kier alpha value is -2.43. The molecule has 0 aliphatic carbocycles. The van der Waals surface area contributed by atoms with Crippen molar-refractivity contribution in [2.24, 2.45) is 7.05 Å². The fraction of sp³-hybridized carbons (Fsp3) is 0.214. The van der Waals surface area contributed by atoms with Gasteiger partial charge in [-0.1, -0.05) is 6.07 Å². The number of hydrogen-bond donors (Lipinski definition) is 0. The summed E-state index contributed by atoms with van der Waals surface area (Å²) in [6.45, 7) is 3.79. The zero-order chi connectivity index (χ0) is 13.6. The number of rotatable bonds is 1. The number of oxazole rings is 1. The minimum absolute atomic E-state index is 0.359. The molecule has 0 aliphatic rings. The van der Waals surface area contributed by atoms with Crippen molar-refractivity contribution in [2.45, 2.75) is 13.8 Å². The van der Waals surface area contributed by atoms with Crippen LogP contribution in [0.25, 0.3) is 22.4 Å². The van der Waals surface area contributed by atoms with Crippen molar-refractivity contribution >= 4 is 11.1 Å². The molecule has 0 saturated carbocycles. The zero-order valence-corrected chi connectivity index (χ0v) is 11.0. The van der Waals surface area contributed by atoms with Crippen molar-refractivity contribution in [3.63, 3.8) is 0 Å². The standard InChI is InChI=1S/C14H13N3O2/c1-8-6-11(16-9(2)15-8)10-4-5-12-13(7-10)19-14(18)17(12)3/h4-7H,1-3H3. The Morgan fingerprint density at radius 1 is 1.16 bits per heavy atom. The fourth-order valence-electron chi connectivity index (χ4n) is 2.16. The zero-order valence-electron chi connectivity index (χ0n) is 11.0. The molecule has 96 valence electrons. The lowest BCUT2D eigenvalue weighted by Gasteiger charge is -2.03. The van der Waals surface area contributed by atoms with Gasteiger partial charge in [-0.15, -0.1) is 0 Å². The summed E-state index contributed by atoms with van der Waals surface area (Å²) < 4.78 is 6.67. The van der Waals surface area contributed by atoms with Crippen LogP contribution in [0.15, 0.2) is 33.5 Å². The van der Waals surface area contributed by atoms with E-state index in [2.05, 4.69) is 9.97 Å². The van der Waals surface area contributed by atoms with Crippen LogP contribution >= 0.6 is 0 Å². The second kappa shape index (κ2) is 4.05. The summed E-state index contributed by atoms with van der Waals surface area (Å²) in [5, 5.41) is 0. The molecule has 0 radical (unpaired) electrons. The van der Waals surface area contributed by atoms with E-state index < -0.39 is 0 Å². The quantitative estimate of drug-likeness (QED) is 0.668. The van der Waals surface area contributed by atoms with E-state index in [1.165, 1.54) is 4.57 Å². The molecular formula is C14H13N3O2. The van der Waals surface area contributed by atoms with E-state index in [0.29, 0.717) is 5.58 Å². The van der Waals surface area contributed by atoms with Crippen LogP contribution in [0.5, 0.6) is 0 Å². The van der Waals surface area contributed by atoms with Crippen LogP contribution in [0.3, 0.4) is 0 Å². The Bertz CT molecular complexity index is 810. The minimum Gasteiger partial charge on any atom is -0.408 e. The molecule has 0 spiro atoms. The molecule has 2 aromatic heterocycles. The Morgan fingerprint density at radius 3 is 2.68 bits per heavy atom. The number of aryl methyl sites for hydroxylation is 3. The second-order valence-electron chi connectivity index (χ2n) is 4.55. The van der Waals surface area contributed by atoms with Gasteiger partial charge in [0.05, 0.1) is 11.2 Å². The van der Waals surface area contributed by atoms with Gasteiger partial charge < -0.3 is 4.42 Å². The molecule has 0 saturated heterocycles. The third-order valence-corrected chi connectivity index (χ3v) is 3.05. The molecule has 3 aromatic rings. The molecule has 0 aliphatic heterocycles. The van der Waals surface area contributed by atoms with E-state index in [9.17, 15) is 4.79 Å². The van der Waals surface area contributed by atoms with Gasteiger partial charge in [0.25, 0.3) is 0 Å². The van der Waals surface area contributed by atoms with Crippen LogP contribution < -0.4 is 5.76 Å². The molecule has 0 fully saturated rings. The summed E-state index contributed by atoms with van der Waals surface area (Å²) in [5.41, 5.74) is 4.00. The molecule has 0 amide bonds. The average molecular weight is 255 g/mol. The van der Waals surface area contributed by atoms with Crippen LogP contribution in [0.1, 0.15) is 11.5 Å². The molecule has 2 heterocycles. The first-order valence-corrected chi connectivity index (χ1v) is 5.97. The van der Waals surface area contributed by atoms with Gasteiger partial charge in [-0.3, -0.25) is 4.57 Å². The second-order valence-corrected chi connectivity index (χ2v) is 4.55. The average Bonchev–Trinajstić information content (AvgIpc) is 2.63. The van der Waals surface area contributed by atoms with E-state index in [0.717, 1.165) is 28.3 Å². The Kier molecular flexibility index (Phi) is 2.48. The van der Waals surface area contributed by atoms with Crippen LogP contribution in [0.2, 0.25) is 0 Å². The highest BCUT2D eigenvalue weighted by molar-refractivity contribution is 5.79. The maximum Gasteiger partial charge on any atom is 0.419 e. The number of nitrogens with zero attached hydrogens (tertiary/aromatic N) is 3. The highest BCUT2D eigenvalue weighted by atomic mass is 16.4. The van der Waals surface area contributed by atoms with Crippen LogP contribution in [0, 0.1) is 13.8 Å². The van der Waals surface area contributed by atoms with Gasteiger partial charge in [-0.25, -0.2) is 14.8 Å². The first-order valence-electron chi connectivity index (χ1n) is 5.97. The van der Waals surface area contributed by atoms with Gasteiger partial charge in [0, 0.05) is 18.3 Å². The Balaban J connectivity index is 2.23. The SMILES string of the molecule is Cc1cc(-c2ccc3c(c2)oc(=O)n3C)nc(C)n1. The number of aromatic nitrogens is 3. The van der Waals surface area contributed by atoms with Crippen molar-refractivity contribution in [2.75, 3.05) is 0 Å². The molecule has 0 unspecified atom stereocenters. The van der Waals surface area contributed by atoms with E-state index in [1.807, 2.05) is 38.1 Å². The monoisotopic (exact) mass is 255 g/mol. The number of hydrogen-bond acceptors (Lipinski definition) is 4. The van der Waals surface area contributed by atoms with Crippen molar-refractivity contribution in [1.82, 2.24) is 14.5 Å². The minimum atomic E-state index is -0.359. The normalized spacial score (nSPS) is 11.1. The van der Waals surface area contributed by atoms with Gasteiger partial charge in [0.15, 0.2) is 5.58 Å². The molecule has 0 bridgehead atoms. The lowest BCUT2D eigenvalue weighted by molar-refractivity contribution is 0.528. The third-order valence-electron chi connectivity index (χ3n) is 3.05. The number of fused-ring (bicyclic) bond motifs is 1. The molecule has 3 rings (SSSR count). The third kappa shape index (κ3) is 1.93. The molecule has 1 aromatic carbocycles. The lowest BCUT2D eigenvalue weighted by Crippen LogP contribution is -2.08. The summed E-state index contributed by atoms with van der Waals surface area (Å²) in [6.07, 6.45) is 0. The first-order chi connectivity index (χ1) is 9.04. The highest BCUT2D eigenvalue weighted by Crippen LogP contribution is 2.22. The molecule has 19 heavy (non-hydrogen) atoms. The maximum atomic E-state index is 11.5. The summed E-state index contributed by atoms with van der Waals surface area (Å²) in [7, 11) is 1.69. The van der Waals surface area contributed by atoms with Gasteiger partial charge in [0.1, 0.15) is 5.82 Å². The van der Waals surface area contributed by atoms with E-state index >= 15 is 0 Å². The Morgan fingerprint density at radius 2 is 1.95 bits per heavy atom. The molecule has 0 atom stereocenters. The fourth-order valence-corrected chi connectivity index (χ4v) is 2.16. The largest absolute Gasteiger partial charge is 0.419 e. The van der Waals surface area contributed by atoms with Crippen LogP contribution in [-0.2, 0) is 7.05 Å². The Labute approximate surface area is 109 Å². The molecule has 0 N–H and O–H groups in total. The van der Waals surface area contributed by atoms with Crippen molar-refractivity contribution in [3.8, 4) is 11.3 Å². The van der Waals surface area contributed by atoms with Crippen molar-refractivity contribution < 1.29 is 4.42 Å². The van der Waals surface area contributed by atoms with Gasteiger partial charge in [-0.05, 0) is 32.0 Å². The summed E-state index contributed by atoms with van der Waals surface area (Å²) in [6, 6.07) is 7.54. The van der Waals surface area contributed by atoms with Gasteiger partial charge in [0.2, 0.25) is 0 Å². The maximum absolute atomic E-state index is 11.5. The molecule has 5 heteroatoms. The van der Waals surface area contributed by atoms with E-state index in [-0.39, 0.29) is 5.76 Å². The van der Waals surface area contributed by atoms with Gasteiger partial charge >= 0.3 is 5.76 Å². The van der Waals surface area contributed by atoms with Crippen LogP contribution in [-0.4, -0.2) is 14.5 Å². The van der Waals surface area contributed by atoms with Crippen molar-refractivity contribution in [3.05, 3.63) is 46.3 Å². The molecular weight excluding hydrogens is 242 g/mol. The lowest BCUT2D eigenvalue weighted by atomic mass is 10.1. The van der Waals surface area contributed by atoms with Crippen molar-refractivity contribution in [1.29, 1.82) is 0 Å². The predicted molar refractivity (Wildman–Crippen MR) is 72.0 cm³/mol. The summed E-state index contributed by atoms with van der Waals surface area (Å²) in [4.78, 5) is 20.1. The van der Waals surface area contributed by atoms with E-state index in [4.69, 9.17) is 4.42 Å². The summed E-state index contributed by atoms with van der Waals surface area (Å²) >= 11 is 0. The predicted octanol–water partition coefficient (Wildman–Crippen LogP) is 2.21.